The summed E-state index contributed by atoms with van der Waals surface area (Å²) in [6.07, 6.45) is 5.69. The van der Waals surface area contributed by atoms with Crippen molar-refractivity contribution in [3.63, 3.8) is 0 Å². The van der Waals surface area contributed by atoms with Crippen LogP contribution in [0.15, 0.2) is 42.7 Å². The molecule has 1 aliphatic rings. The first-order valence-electron chi connectivity index (χ1n) is 8.02. The van der Waals surface area contributed by atoms with Crippen LogP contribution in [0.3, 0.4) is 0 Å². The standard InChI is InChI=1S/C19H22N2O2/c1-14-3-4-15(2)18(11-14)23-13-19(22)21(17-5-6-17)12-16-7-9-20-10-8-16/h3-4,7-11,17H,5-6,12-13H2,1-2H3. The number of aryl methyl sites for hydroxylation is 2. The third-order valence-electron chi connectivity index (χ3n) is 4.11. The Kier molecular flexibility index (Phi) is 4.60. The molecule has 0 saturated heterocycles. The summed E-state index contributed by atoms with van der Waals surface area (Å²) in [6, 6.07) is 10.3. The van der Waals surface area contributed by atoms with Crippen LogP contribution >= 0.6 is 0 Å². The molecule has 1 aromatic carbocycles. The van der Waals surface area contributed by atoms with E-state index in [2.05, 4.69) is 4.98 Å². The third-order valence-corrected chi connectivity index (χ3v) is 4.11. The maximum Gasteiger partial charge on any atom is 0.261 e. The zero-order valence-electron chi connectivity index (χ0n) is 13.7. The lowest BCUT2D eigenvalue weighted by atomic mass is 10.1. The molecular weight excluding hydrogens is 288 g/mol. The van der Waals surface area contributed by atoms with Gasteiger partial charge in [-0.15, -0.1) is 0 Å². The van der Waals surface area contributed by atoms with E-state index < -0.39 is 0 Å². The lowest BCUT2D eigenvalue weighted by molar-refractivity contribution is -0.134. The molecule has 0 atom stereocenters. The van der Waals surface area contributed by atoms with Gasteiger partial charge in [0.05, 0.1) is 0 Å². The van der Waals surface area contributed by atoms with Crippen LogP contribution in [0.4, 0.5) is 0 Å². The van der Waals surface area contributed by atoms with Crippen LogP contribution in [0.5, 0.6) is 5.75 Å². The second-order valence-corrected chi connectivity index (χ2v) is 6.17. The van der Waals surface area contributed by atoms with Crippen LogP contribution in [0.2, 0.25) is 0 Å². The molecule has 23 heavy (non-hydrogen) atoms. The van der Waals surface area contributed by atoms with Gasteiger partial charge in [0.1, 0.15) is 5.75 Å². The normalized spacial score (nSPS) is 13.7. The minimum Gasteiger partial charge on any atom is -0.483 e. The van der Waals surface area contributed by atoms with Crippen molar-refractivity contribution in [1.29, 1.82) is 0 Å². The number of amides is 1. The molecular formula is C19H22N2O2. The van der Waals surface area contributed by atoms with E-state index in [0.717, 1.165) is 35.3 Å². The molecule has 1 amide bonds. The molecule has 0 unspecified atom stereocenters. The van der Waals surface area contributed by atoms with Crippen LogP contribution in [0.25, 0.3) is 0 Å². The molecule has 0 spiro atoms. The van der Waals surface area contributed by atoms with E-state index >= 15 is 0 Å². The summed E-state index contributed by atoms with van der Waals surface area (Å²) in [5.74, 6) is 0.836. The zero-order valence-corrected chi connectivity index (χ0v) is 13.7. The van der Waals surface area contributed by atoms with Crippen LogP contribution < -0.4 is 4.74 Å². The first-order valence-corrected chi connectivity index (χ1v) is 8.02. The molecule has 4 nitrogen and oxygen atoms in total. The fourth-order valence-corrected chi connectivity index (χ4v) is 2.58. The summed E-state index contributed by atoms with van der Waals surface area (Å²) in [5, 5.41) is 0. The van der Waals surface area contributed by atoms with Gasteiger partial charge in [-0.2, -0.15) is 0 Å². The second-order valence-electron chi connectivity index (χ2n) is 6.17. The van der Waals surface area contributed by atoms with E-state index in [1.54, 1.807) is 12.4 Å². The molecule has 4 heteroatoms. The topological polar surface area (TPSA) is 42.4 Å². The monoisotopic (exact) mass is 310 g/mol. The Bertz CT molecular complexity index is 681. The van der Waals surface area contributed by atoms with Gasteiger partial charge in [-0.25, -0.2) is 0 Å². The van der Waals surface area contributed by atoms with Gasteiger partial charge in [0.15, 0.2) is 6.61 Å². The summed E-state index contributed by atoms with van der Waals surface area (Å²) in [7, 11) is 0. The van der Waals surface area contributed by atoms with Crippen molar-refractivity contribution in [1.82, 2.24) is 9.88 Å². The summed E-state index contributed by atoms with van der Waals surface area (Å²) < 4.78 is 5.77. The maximum atomic E-state index is 12.6. The Labute approximate surface area is 137 Å². The highest BCUT2D eigenvalue weighted by Crippen LogP contribution is 2.28. The van der Waals surface area contributed by atoms with Gasteiger partial charge in [0.2, 0.25) is 0 Å². The lowest BCUT2D eigenvalue weighted by Gasteiger charge is -2.23. The molecule has 120 valence electrons. The van der Waals surface area contributed by atoms with Gasteiger partial charge in [-0.05, 0) is 61.6 Å². The van der Waals surface area contributed by atoms with Crippen LogP contribution in [-0.2, 0) is 11.3 Å². The van der Waals surface area contributed by atoms with Gasteiger partial charge in [-0.1, -0.05) is 12.1 Å². The van der Waals surface area contributed by atoms with E-state index in [9.17, 15) is 4.79 Å². The number of ether oxygens (including phenoxy) is 1. The quantitative estimate of drug-likeness (QED) is 0.822. The molecule has 3 rings (SSSR count). The van der Waals surface area contributed by atoms with Crippen LogP contribution in [-0.4, -0.2) is 28.4 Å². The minimum atomic E-state index is 0.0465. The molecule has 2 aromatic rings. The average molecular weight is 310 g/mol. The molecule has 1 fully saturated rings. The maximum absolute atomic E-state index is 12.6. The van der Waals surface area contributed by atoms with Crippen molar-refractivity contribution in [3.8, 4) is 5.75 Å². The number of carbonyl (C=O) groups is 1. The number of hydrogen-bond acceptors (Lipinski definition) is 3. The van der Waals surface area contributed by atoms with Gasteiger partial charge in [0.25, 0.3) is 5.91 Å². The number of carbonyl (C=O) groups excluding carboxylic acids is 1. The van der Waals surface area contributed by atoms with E-state index in [1.165, 1.54) is 0 Å². The molecule has 0 N–H and O–H groups in total. The summed E-state index contributed by atoms with van der Waals surface area (Å²) in [6.45, 7) is 4.73. The Morgan fingerprint density at radius 3 is 2.65 bits per heavy atom. The molecule has 0 radical (unpaired) electrons. The molecule has 0 aliphatic heterocycles. The van der Waals surface area contributed by atoms with E-state index in [-0.39, 0.29) is 12.5 Å². The minimum absolute atomic E-state index is 0.0465. The van der Waals surface area contributed by atoms with Crippen molar-refractivity contribution in [3.05, 3.63) is 59.4 Å². The molecule has 0 bridgehead atoms. The second kappa shape index (κ2) is 6.82. The average Bonchev–Trinajstić information content (AvgIpc) is 3.39. The SMILES string of the molecule is Cc1ccc(C)c(OCC(=O)N(Cc2ccncc2)C2CC2)c1. The highest BCUT2D eigenvalue weighted by atomic mass is 16.5. The van der Waals surface area contributed by atoms with E-state index in [4.69, 9.17) is 4.74 Å². The highest BCUT2D eigenvalue weighted by Gasteiger charge is 2.32. The smallest absolute Gasteiger partial charge is 0.261 e. The van der Waals surface area contributed by atoms with Crippen LogP contribution in [0, 0.1) is 13.8 Å². The number of rotatable bonds is 6. The van der Waals surface area contributed by atoms with Crippen molar-refractivity contribution < 1.29 is 9.53 Å². The van der Waals surface area contributed by atoms with Gasteiger partial charge >= 0.3 is 0 Å². The number of benzene rings is 1. The van der Waals surface area contributed by atoms with Crippen molar-refractivity contribution in [2.45, 2.75) is 39.3 Å². The first kappa shape index (κ1) is 15.5. The Hall–Kier alpha value is -2.36. The van der Waals surface area contributed by atoms with Crippen LogP contribution in [0.1, 0.15) is 29.5 Å². The highest BCUT2D eigenvalue weighted by molar-refractivity contribution is 5.78. The summed E-state index contributed by atoms with van der Waals surface area (Å²) in [4.78, 5) is 18.5. The van der Waals surface area contributed by atoms with Gasteiger partial charge < -0.3 is 9.64 Å². The molecule has 1 heterocycles. The largest absolute Gasteiger partial charge is 0.483 e. The third kappa shape index (κ3) is 4.09. The van der Waals surface area contributed by atoms with E-state index in [0.29, 0.717) is 12.6 Å². The fourth-order valence-electron chi connectivity index (χ4n) is 2.58. The lowest BCUT2D eigenvalue weighted by Crippen LogP contribution is -2.36. The molecule has 1 aliphatic carbocycles. The molecule has 1 saturated carbocycles. The van der Waals surface area contributed by atoms with Crippen molar-refractivity contribution >= 4 is 5.91 Å². The number of aromatic nitrogens is 1. The fraction of sp³-hybridized carbons (Fsp3) is 0.368. The molecule has 1 aromatic heterocycles. The number of hydrogen-bond donors (Lipinski definition) is 0. The summed E-state index contributed by atoms with van der Waals surface area (Å²) >= 11 is 0. The predicted octanol–water partition coefficient (Wildman–Crippen LogP) is 3.27. The van der Waals surface area contributed by atoms with Gasteiger partial charge in [-0.3, -0.25) is 9.78 Å². The van der Waals surface area contributed by atoms with E-state index in [1.807, 2.05) is 49.1 Å². The Balaban J connectivity index is 1.64. The Morgan fingerprint density at radius 1 is 1.22 bits per heavy atom. The first-order chi connectivity index (χ1) is 11.1. The predicted molar refractivity (Wildman–Crippen MR) is 89.2 cm³/mol. The zero-order chi connectivity index (χ0) is 16.2. The number of pyridine rings is 1. The number of nitrogens with zero attached hydrogens (tertiary/aromatic N) is 2. The summed E-state index contributed by atoms with van der Waals surface area (Å²) in [5.41, 5.74) is 3.29. The van der Waals surface area contributed by atoms with Crippen molar-refractivity contribution in [2.75, 3.05) is 6.61 Å². The van der Waals surface area contributed by atoms with Crippen molar-refractivity contribution in [2.24, 2.45) is 0 Å². The van der Waals surface area contributed by atoms with Gasteiger partial charge in [0, 0.05) is 25.0 Å². The Morgan fingerprint density at radius 2 is 1.96 bits per heavy atom.